The normalized spacial score (nSPS) is 16.4. The van der Waals surface area contributed by atoms with Gasteiger partial charge in [0, 0.05) is 18.7 Å². The maximum absolute atomic E-state index is 5.37. The fourth-order valence-corrected chi connectivity index (χ4v) is 2.57. The van der Waals surface area contributed by atoms with Crippen molar-refractivity contribution in [3.8, 4) is 11.5 Å². The third kappa shape index (κ3) is 2.72. The fourth-order valence-electron chi connectivity index (χ4n) is 2.57. The largest absolute Gasteiger partial charge is 0.339 e. The smallest absolute Gasteiger partial charge is 0.228 e. The van der Waals surface area contributed by atoms with E-state index in [4.69, 9.17) is 4.52 Å². The number of pyridine rings is 1. The average Bonchev–Trinajstić information content (AvgIpc) is 3.16. The van der Waals surface area contributed by atoms with E-state index in [-0.39, 0.29) is 0 Å². The Morgan fingerprint density at radius 3 is 2.85 bits per heavy atom. The quantitative estimate of drug-likeness (QED) is 0.904. The number of hydrogen-bond donors (Lipinski definition) is 1. The Morgan fingerprint density at radius 1 is 1.40 bits per heavy atom. The van der Waals surface area contributed by atoms with Crippen LogP contribution in [0.4, 0.5) is 0 Å². The van der Waals surface area contributed by atoms with Crippen molar-refractivity contribution in [3.63, 3.8) is 0 Å². The lowest BCUT2D eigenvalue weighted by Crippen LogP contribution is -2.29. The number of nitrogens with zero attached hydrogens (tertiary/aromatic N) is 3. The van der Waals surface area contributed by atoms with Crippen LogP contribution < -0.4 is 5.32 Å². The molecule has 1 saturated carbocycles. The van der Waals surface area contributed by atoms with Crippen LogP contribution in [0.2, 0.25) is 0 Å². The van der Waals surface area contributed by atoms with Crippen LogP contribution in [0.1, 0.15) is 29.9 Å². The van der Waals surface area contributed by atoms with Gasteiger partial charge in [-0.2, -0.15) is 4.98 Å². The second-order valence-electron chi connectivity index (χ2n) is 5.63. The summed E-state index contributed by atoms with van der Waals surface area (Å²) < 4.78 is 5.37. The van der Waals surface area contributed by atoms with Crippen LogP contribution >= 0.6 is 0 Å². The van der Waals surface area contributed by atoms with Crippen molar-refractivity contribution in [2.75, 3.05) is 7.05 Å². The zero-order valence-electron chi connectivity index (χ0n) is 12.2. The number of nitrogens with one attached hydrogen (secondary N) is 1. The Kier molecular flexibility index (Phi) is 3.53. The molecule has 2 aromatic rings. The van der Waals surface area contributed by atoms with Crippen LogP contribution in [0.3, 0.4) is 0 Å². The van der Waals surface area contributed by atoms with Gasteiger partial charge < -0.3 is 9.84 Å². The summed E-state index contributed by atoms with van der Waals surface area (Å²) in [7, 11) is 1.99. The number of likely N-dealkylation sites (N-methyl/N-ethyl adjacent to an activating group) is 1. The highest BCUT2D eigenvalue weighted by Crippen LogP contribution is 2.33. The number of rotatable bonds is 5. The van der Waals surface area contributed by atoms with Crippen molar-refractivity contribution in [2.24, 2.45) is 5.92 Å². The predicted octanol–water partition coefficient (Wildman–Crippen LogP) is 2.29. The first-order valence-electron chi connectivity index (χ1n) is 7.11. The molecule has 1 aliphatic rings. The molecule has 1 unspecified atom stereocenters. The average molecular weight is 272 g/mol. The Labute approximate surface area is 118 Å². The number of aryl methyl sites for hydroxylation is 2. The maximum Gasteiger partial charge on any atom is 0.228 e. The lowest BCUT2D eigenvalue weighted by atomic mass is 10.1. The van der Waals surface area contributed by atoms with Crippen LogP contribution in [0.15, 0.2) is 16.8 Å². The first-order valence-corrected chi connectivity index (χ1v) is 7.11. The zero-order chi connectivity index (χ0) is 14.1. The van der Waals surface area contributed by atoms with Crippen LogP contribution in [-0.2, 0) is 6.42 Å². The Hall–Kier alpha value is -1.75. The standard InChI is InChI=1S/C15H20N4O/c1-9-6-10(2)14(17-8-9)15-18-13(20-19-15)7-12(16-3)11-4-5-11/h6,8,11-12,16H,4-5,7H2,1-3H3. The molecule has 5 heteroatoms. The minimum Gasteiger partial charge on any atom is -0.339 e. The van der Waals surface area contributed by atoms with Crippen molar-refractivity contribution in [1.82, 2.24) is 20.4 Å². The molecule has 20 heavy (non-hydrogen) atoms. The molecule has 0 radical (unpaired) electrons. The number of hydrogen-bond acceptors (Lipinski definition) is 5. The maximum atomic E-state index is 5.37. The monoisotopic (exact) mass is 272 g/mol. The third-order valence-corrected chi connectivity index (χ3v) is 3.85. The highest BCUT2D eigenvalue weighted by Gasteiger charge is 2.31. The molecule has 106 valence electrons. The summed E-state index contributed by atoms with van der Waals surface area (Å²) in [5.74, 6) is 2.03. The molecule has 3 rings (SSSR count). The molecule has 0 aromatic carbocycles. The van der Waals surface area contributed by atoms with Crippen molar-refractivity contribution in [2.45, 2.75) is 39.2 Å². The van der Waals surface area contributed by atoms with Crippen molar-refractivity contribution < 1.29 is 4.52 Å². The van der Waals surface area contributed by atoms with Crippen LogP contribution in [0.25, 0.3) is 11.5 Å². The van der Waals surface area contributed by atoms with Gasteiger partial charge in [-0.05, 0) is 50.8 Å². The molecule has 1 aliphatic carbocycles. The molecule has 0 spiro atoms. The van der Waals surface area contributed by atoms with Gasteiger partial charge in [0.15, 0.2) is 0 Å². The van der Waals surface area contributed by atoms with E-state index in [9.17, 15) is 0 Å². The van der Waals surface area contributed by atoms with Gasteiger partial charge in [-0.25, -0.2) is 0 Å². The topological polar surface area (TPSA) is 63.8 Å². The lowest BCUT2D eigenvalue weighted by Gasteiger charge is -2.11. The van der Waals surface area contributed by atoms with Crippen LogP contribution in [-0.4, -0.2) is 28.2 Å². The van der Waals surface area contributed by atoms with Gasteiger partial charge in [0.25, 0.3) is 0 Å². The van der Waals surface area contributed by atoms with E-state index in [0.717, 1.165) is 29.2 Å². The molecule has 0 aliphatic heterocycles. The summed E-state index contributed by atoms with van der Waals surface area (Å²) in [6.45, 7) is 4.05. The van der Waals surface area contributed by atoms with Crippen molar-refractivity contribution >= 4 is 0 Å². The molecule has 1 N–H and O–H groups in total. The lowest BCUT2D eigenvalue weighted by molar-refractivity contribution is 0.352. The van der Waals surface area contributed by atoms with Gasteiger partial charge >= 0.3 is 0 Å². The second kappa shape index (κ2) is 5.32. The molecule has 0 bridgehead atoms. The Bertz CT molecular complexity index is 604. The zero-order valence-corrected chi connectivity index (χ0v) is 12.2. The molecule has 2 aromatic heterocycles. The molecule has 0 saturated heterocycles. The van der Waals surface area contributed by atoms with Gasteiger partial charge in [-0.1, -0.05) is 11.2 Å². The van der Waals surface area contributed by atoms with Gasteiger partial charge in [0.05, 0.1) is 0 Å². The van der Waals surface area contributed by atoms with Gasteiger partial charge in [0.2, 0.25) is 11.7 Å². The SMILES string of the molecule is CNC(Cc1nc(-c2ncc(C)cc2C)no1)C1CC1. The Balaban J connectivity index is 1.79. The second-order valence-corrected chi connectivity index (χ2v) is 5.63. The summed E-state index contributed by atoms with van der Waals surface area (Å²) in [4.78, 5) is 8.90. The molecule has 2 heterocycles. The van der Waals surface area contributed by atoms with E-state index in [1.807, 2.05) is 27.1 Å². The minimum atomic E-state index is 0.440. The van der Waals surface area contributed by atoms with E-state index >= 15 is 0 Å². The molecule has 1 atom stereocenters. The highest BCUT2D eigenvalue weighted by atomic mass is 16.5. The molecular formula is C15H20N4O. The summed E-state index contributed by atoms with van der Waals surface area (Å²) in [6, 6.07) is 2.52. The highest BCUT2D eigenvalue weighted by molar-refractivity contribution is 5.53. The van der Waals surface area contributed by atoms with E-state index in [1.165, 1.54) is 12.8 Å². The van der Waals surface area contributed by atoms with E-state index in [2.05, 4.69) is 26.5 Å². The predicted molar refractivity (Wildman–Crippen MR) is 76.3 cm³/mol. The molecule has 0 amide bonds. The summed E-state index contributed by atoms with van der Waals surface area (Å²) in [5.41, 5.74) is 3.02. The van der Waals surface area contributed by atoms with Crippen molar-refractivity contribution in [3.05, 3.63) is 29.3 Å². The molecule has 1 fully saturated rings. The van der Waals surface area contributed by atoms with Gasteiger partial charge in [-0.15, -0.1) is 0 Å². The number of aromatic nitrogens is 3. The van der Waals surface area contributed by atoms with Gasteiger partial charge in [-0.3, -0.25) is 4.98 Å². The molecular weight excluding hydrogens is 252 g/mol. The Morgan fingerprint density at radius 2 is 2.20 bits per heavy atom. The fraction of sp³-hybridized carbons (Fsp3) is 0.533. The van der Waals surface area contributed by atoms with Crippen LogP contribution in [0.5, 0.6) is 0 Å². The van der Waals surface area contributed by atoms with Crippen LogP contribution in [0, 0.1) is 19.8 Å². The first kappa shape index (κ1) is 13.2. The summed E-state index contributed by atoms with van der Waals surface area (Å²) >= 11 is 0. The van der Waals surface area contributed by atoms with Crippen molar-refractivity contribution in [1.29, 1.82) is 0 Å². The van der Waals surface area contributed by atoms with E-state index < -0.39 is 0 Å². The van der Waals surface area contributed by atoms with Gasteiger partial charge in [0.1, 0.15) is 5.69 Å². The third-order valence-electron chi connectivity index (χ3n) is 3.85. The summed E-state index contributed by atoms with van der Waals surface area (Å²) in [5, 5.41) is 7.40. The van der Waals surface area contributed by atoms with E-state index in [1.54, 1.807) is 0 Å². The molecule has 5 nitrogen and oxygen atoms in total. The minimum absolute atomic E-state index is 0.440. The summed E-state index contributed by atoms with van der Waals surface area (Å²) in [6.07, 6.45) is 5.22. The van der Waals surface area contributed by atoms with E-state index in [0.29, 0.717) is 17.8 Å². The first-order chi connectivity index (χ1) is 9.67.